The Kier molecular flexibility index (Phi) is 7.47. The highest BCUT2D eigenvalue weighted by atomic mass is 35.5. The molecule has 35 heavy (non-hydrogen) atoms. The van der Waals surface area contributed by atoms with Crippen molar-refractivity contribution in [2.45, 2.75) is 35.7 Å². The first kappa shape index (κ1) is 24.8. The smallest absolute Gasteiger partial charge is 0.417 e. The summed E-state index contributed by atoms with van der Waals surface area (Å²) in [6.45, 7) is 0.330. The Morgan fingerprint density at radius 1 is 1.03 bits per heavy atom. The van der Waals surface area contributed by atoms with Crippen LogP contribution in [0.4, 0.5) is 13.2 Å². The van der Waals surface area contributed by atoms with Crippen molar-refractivity contribution in [3.8, 4) is 22.5 Å². The van der Waals surface area contributed by atoms with Crippen LogP contribution in [0.2, 0.25) is 5.02 Å². The number of rotatable bonds is 8. The lowest BCUT2D eigenvalue weighted by Gasteiger charge is -2.13. The minimum absolute atomic E-state index is 0.0452. The topological polar surface area (TPSA) is 68.0 Å². The molecule has 2 aromatic carbocycles. The molecule has 5 nitrogen and oxygen atoms in total. The highest BCUT2D eigenvalue weighted by Crippen LogP contribution is 2.40. The van der Waals surface area contributed by atoms with Crippen LogP contribution in [0.3, 0.4) is 0 Å². The van der Waals surface area contributed by atoms with Crippen molar-refractivity contribution in [3.05, 3.63) is 83.5 Å². The Balaban J connectivity index is 1.84. The standard InChI is InChI=1S/C25H19ClF3N3O2S/c26-19-14-18(25(27,28)29)15-30-23(19)35-24-31-21(16-8-3-1-4-9-16)22(17-10-5-2-6-11-17)32(24)13-7-12-20(33)34/h1-6,8-11,14-15H,7,12-13H2,(H,33,34). The number of halogens is 4. The Morgan fingerprint density at radius 3 is 2.23 bits per heavy atom. The number of hydrogen-bond acceptors (Lipinski definition) is 4. The minimum atomic E-state index is -4.56. The summed E-state index contributed by atoms with van der Waals surface area (Å²) in [4.78, 5) is 19.9. The Hall–Kier alpha value is -3.30. The monoisotopic (exact) mass is 517 g/mol. The normalized spacial score (nSPS) is 11.5. The first-order chi connectivity index (χ1) is 16.7. The van der Waals surface area contributed by atoms with Gasteiger partial charge in [0.15, 0.2) is 5.16 Å². The number of aromatic nitrogens is 3. The van der Waals surface area contributed by atoms with Gasteiger partial charge in [0.1, 0.15) is 5.03 Å². The lowest BCUT2D eigenvalue weighted by atomic mass is 10.0. The molecule has 0 radical (unpaired) electrons. The molecule has 2 aromatic heterocycles. The van der Waals surface area contributed by atoms with Gasteiger partial charge in [-0.05, 0) is 24.2 Å². The summed E-state index contributed by atoms with van der Waals surface area (Å²) in [7, 11) is 0. The van der Waals surface area contributed by atoms with Crippen molar-refractivity contribution >= 4 is 29.3 Å². The second-order valence-electron chi connectivity index (χ2n) is 7.58. The van der Waals surface area contributed by atoms with Crippen LogP contribution in [0, 0.1) is 0 Å². The van der Waals surface area contributed by atoms with Gasteiger partial charge >= 0.3 is 12.1 Å². The zero-order valence-electron chi connectivity index (χ0n) is 18.2. The van der Waals surface area contributed by atoms with Gasteiger partial charge in [-0.25, -0.2) is 9.97 Å². The fourth-order valence-electron chi connectivity index (χ4n) is 3.53. The van der Waals surface area contributed by atoms with Gasteiger partial charge < -0.3 is 9.67 Å². The summed E-state index contributed by atoms with van der Waals surface area (Å²) in [5.74, 6) is -0.920. The number of benzene rings is 2. The van der Waals surface area contributed by atoms with Crippen molar-refractivity contribution < 1.29 is 23.1 Å². The van der Waals surface area contributed by atoms with E-state index in [9.17, 15) is 18.0 Å². The predicted octanol–water partition coefficient (Wildman–Crippen LogP) is 7.30. The molecule has 0 spiro atoms. The van der Waals surface area contributed by atoms with Crippen LogP contribution in [-0.2, 0) is 17.5 Å². The molecule has 4 rings (SSSR count). The van der Waals surface area contributed by atoms with E-state index in [-0.39, 0.29) is 16.5 Å². The van der Waals surface area contributed by atoms with Gasteiger partial charge in [0.25, 0.3) is 0 Å². The molecule has 10 heteroatoms. The van der Waals surface area contributed by atoms with E-state index in [0.29, 0.717) is 23.8 Å². The fraction of sp³-hybridized carbons (Fsp3) is 0.160. The van der Waals surface area contributed by atoms with E-state index >= 15 is 0 Å². The maximum atomic E-state index is 13.1. The van der Waals surface area contributed by atoms with Crippen LogP contribution >= 0.6 is 23.4 Å². The maximum absolute atomic E-state index is 13.1. The summed E-state index contributed by atoms with van der Waals surface area (Å²) in [5, 5.41) is 9.61. The molecule has 0 aliphatic heterocycles. The number of alkyl halides is 3. The predicted molar refractivity (Wildman–Crippen MR) is 128 cm³/mol. The molecular formula is C25H19ClF3N3O2S. The third kappa shape index (κ3) is 5.86. The van der Waals surface area contributed by atoms with Crippen LogP contribution in [0.25, 0.3) is 22.5 Å². The summed E-state index contributed by atoms with van der Waals surface area (Å²) in [6.07, 6.45) is -3.53. The average molecular weight is 518 g/mol. The number of carboxylic acids is 1. The quantitative estimate of drug-likeness (QED) is 0.265. The largest absolute Gasteiger partial charge is 0.481 e. The first-order valence-electron chi connectivity index (χ1n) is 10.6. The lowest BCUT2D eigenvalue weighted by Crippen LogP contribution is -2.07. The highest BCUT2D eigenvalue weighted by Gasteiger charge is 2.32. The van der Waals surface area contributed by atoms with E-state index in [1.54, 1.807) is 0 Å². The third-order valence-corrected chi connectivity index (χ3v) is 6.54. The molecular weight excluding hydrogens is 499 g/mol. The van der Waals surface area contributed by atoms with Gasteiger partial charge in [-0.3, -0.25) is 4.79 Å². The van der Waals surface area contributed by atoms with E-state index in [0.717, 1.165) is 40.8 Å². The molecule has 0 saturated heterocycles. The van der Waals surface area contributed by atoms with E-state index in [1.165, 1.54) is 0 Å². The summed E-state index contributed by atoms with van der Waals surface area (Å²) in [6, 6.07) is 19.8. The molecule has 0 saturated carbocycles. The van der Waals surface area contributed by atoms with E-state index in [4.69, 9.17) is 21.7 Å². The number of nitrogens with zero attached hydrogens (tertiary/aromatic N) is 3. The van der Waals surface area contributed by atoms with Crippen molar-refractivity contribution in [1.29, 1.82) is 0 Å². The van der Waals surface area contributed by atoms with Gasteiger partial charge in [0.2, 0.25) is 0 Å². The molecule has 0 atom stereocenters. The van der Waals surface area contributed by atoms with Gasteiger partial charge in [-0.2, -0.15) is 13.2 Å². The first-order valence-corrected chi connectivity index (χ1v) is 11.8. The summed E-state index contributed by atoms with van der Waals surface area (Å²) >= 11 is 7.20. The second kappa shape index (κ2) is 10.5. The lowest BCUT2D eigenvalue weighted by molar-refractivity contribution is -0.138. The average Bonchev–Trinajstić information content (AvgIpc) is 3.18. The molecule has 4 aromatic rings. The van der Waals surface area contributed by atoms with Gasteiger partial charge in [0.05, 0.1) is 22.0 Å². The Bertz CT molecular complexity index is 1330. The SMILES string of the molecule is O=C(O)CCCn1c(Sc2ncc(C(F)(F)F)cc2Cl)nc(-c2ccccc2)c1-c1ccccc1. The Morgan fingerprint density at radius 2 is 1.66 bits per heavy atom. The zero-order valence-corrected chi connectivity index (χ0v) is 19.7. The number of carboxylic acid groups (broad SMARTS) is 1. The van der Waals surface area contributed by atoms with E-state index in [1.807, 2.05) is 65.2 Å². The van der Waals surface area contributed by atoms with Gasteiger partial charge in [-0.1, -0.05) is 72.3 Å². The third-order valence-electron chi connectivity index (χ3n) is 5.12. The molecule has 2 heterocycles. The fourth-order valence-corrected chi connectivity index (χ4v) is 4.68. The Labute approximate surface area is 208 Å². The molecule has 0 bridgehead atoms. The molecule has 0 unspecified atom stereocenters. The van der Waals surface area contributed by atoms with Crippen molar-refractivity contribution in [1.82, 2.24) is 14.5 Å². The van der Waals surface area contributed by atoms with Gasteiger partial charge in [0, 0.05) is 30.3 Å². The number of pyridine rings is 1. The number of hydrogen-bond donors (Lipinski definition) is 1. The minimum Gasteiger partial charge on any atom is -0.481 e. The second-order valence-corrected chi connectivity index (χ2v) is 8.95. The van der Waals surface area contributed by atoms with Crippen molar-refractivity contribution in [3.63, 3.8) is 0 Å². The van der Waals surface area contributed by atoms with Crippen LogP contribution in [0.5, 0.6) is 0 Å². The molecule has 0 aliphatic rings. The summed E-state index contributed by atoms with van der Waals surface area (Å²) < 4.78 is 41.0. The van der Waals surface area contributed by atoms with E-state index < -0.39 is 17.7 Å². The molecule has 180 valence electrons. The highest BCUT2D eigenvalue weighted by molar-refractivity contribution is 7.99. The molecule has 1 N–H and O–H groups in total. The molecule has 0 aliphatic carbocycles. The van der Waals surface area contributed by atoms with Crippen LogP contribution < -0.4 is 0 Å². The van der Waals surface area contributed by atoms with E-state index in [2.05, 4.69) is 4.98 Å². The number of imidazole rings is 1. The number of carbonyl (C=O) groups is 1. The molecule has 0 fully saturated rings. The molecule has 0 amide bonds. The zero-order chi connectivity index (χ0) is 25.0. The van der Waals surface area contributed by atoms with Crippen molar-refractivity contribution in [2.24, 2.45) is 0 Å². The van der Waals surface area contributed by atoms with Crippen molar-refractivity contribution in [2.75, 3.05) is 0 Å². The van der Waals surface area contributed by atoms with Gasteiger partial charge in [-0.15, -0.1) is 0 Å². The number of aliphatic carboxylic acids is 1. The summed E-state index contributed by atoms with van der Waals surface area (Å²) in [5.41, 5.74) is 2.21. The van der Waals surface area contributed by atoms with Crippen LogP contribution in [0.1, 0.15) is 18.4 Å². The van der Waals surface area contributed by atoms with Crippen LogP contribution in [0.15, 0.2) is 83.1 Å². The van der Waals surface area contributed by atoms with Crippen LogP contribution in [-0.4, -0.2) is 25.6 Å². The maximum Gasteiger partial charge on any atom is 0.417 e.